The number of rotatable bonds is 6. The van der Waals surface area contributed by atoms with Crippen molar-refractivity contribution in [2.24, 2.45) is 0 Å². The summed E-state index contributed by atoms with van der Waals surface area (Å²) in [7, 11) is -0.0223. The summed E-state index contributed by atoms with van der Waals surface area (Å²) >= 11 is 0. The Morgan fingerprint density at radius 3 is 2.70 bits per heavy atom. The van der Waals surface area contributed by atoms with Gasteiger partial charge in [0.2, 0.25) is 10.0 Å². The lowest BCUT2D eigenvalue weighted by molar-refractivity contribution is 0.0729. The first-order valence-corrected chi connectivity index (χ1v) is 9.46. The van der Waals surface area contributed by atoms with Crippen molar-refractivity contribution in [3.63, 3.8) is 0 Å². The van der Waals surface area contributed by atoms with Crippen LogP contribution in [0.1, 0.15) is 23.4 Å². The van der Waals surface area contributed by atoms with Crippen LogP contribution in [0, 0.1) is 0 Å². The number of amides is 1. The molecule has 2 rings (SSSR count). The van der Waals surface area contributed by atoms with Gasteiger partial charge in [0.25, 0.3) is 5.91 Å². The Labute approximate surface area is 137 Å². The van der Waals surface area contributed by atoms with Crippen LogP contribution in [0.25, 0.3) is 0 Å². The first-order valence-electron chi connectivity index (χ1n) is 7.85. The maximum absolute atomic E-state index is 12.3. The molecular weight excluding hydrogens is 318 g/mol. The van der Waals surface area contributed by atoms with E-state index < -0.39 is 10.0 Å². The topological polar surface area (TPSA) is 74.1 Å². The normalized spacial score (nSPS) is 17.4. The van der Waals surface area contributed by atoms with Gasteiger partial charge in [-0.05, 0) is 38.1 Å². The third-order valence-electron chi connectivity index (χ3n) is 4.04. The molecule has 0 aliphatic carbocycles. The molecule has 0 radical (unpaired) electrons. The number of furan rings is 1. The summed E-state index contributed by atoms with van der Waals surface area (Å²) in [5.41, 5.74) is 0. The van der Waals surface area contributed by atoms with Gasteiger partial charge in [-0.2, -0.15) is 0 Å². The number of carbonyl (C=O) groups is 1. The molecular formula is C15H25N3O4S. The first kappa shape index (κ1) is 18.0. The zero-order valence-corrected chi connectivity index (χ0v) is 14.6. The molecule has 0 bridgehead atoms. The molecule has 2 heterocycles. The summed E-state index contributed by atoms with van der Waals surface area (Å²) in [5, 5.41) is 0. The van der Waals surface area contributed by atoms with E-state index in [1.165, 1.54) is 10.6 Å². The highest BCUT2D eigenvalue weighted by Crippen LogP contribution is 2.10. The highest BCUT2D eigenvalue weighted by atomic mass is 32.2. The molecule has 7 nitrogen and oxygen atoms in total. The highest BCUT2D eigenvalue weighted by molar-refractivity contribution is 7.89. The molecule has 1 amide bonds. The van der Waals surface area contributed by atoms with E-state index in [4.69, 9.17) is 4.42 Å². The average molecular weight is 343 g/mol. The van der Waals surface area contributed by atoms with Gasteiger partial charge in [-0.3, -0.25) is 4.79 Å². The molecule has 1 aromatic rings. The third-order valence-corrected chi connectivity index (χ3v) is 5.96. The summed E-state index contributed by atoms with van der Waals surface area (Å²) in [4.78, 5) is 16.3. The summed E-state index contributed by atoms with van der Waals surface area (Å²) < 4.78 is 29.9. The molecule has 1 aliphatic heterocycles. The van der Waals surface area contributed by atoms with Gasteiger partial charge in [0, 0.05) is 33.7 Å². The van der Waals surface area contributed by atoms with Crippen LogP contribution in [0.15, 0.2) is 22.8 Å². The molecule has 0 aromatic carbocycles. The van der Waals surface area contributed by atoms with Crippen molar-refractivity contribution in [1.29, 1.82) is 0 Å². The van der Waals surface area contributed by atoms with E-state index >= 15 is 0 Å². The van der Waals surface area contributed by atoms with Crippen LogP contribution in [-0.2, 0) is 10.0 Å². The molecule has 130 valence electrons. The minimum atomic E-state index is -3.13. The number of carbonyl (C=O) groups excluding carboxylic acids is 1. The minimum absolute atomic E-state index is 0.0768. The molecule has 23 heavy (non-hydrogen) atoms. The number of nitrogens with zero attached hydrogens (tertiary/aromatic N) is 3. The van der Waals surface area contributed by atoms with Crippen molar-refractivity contribution < 1.29 is 17.6 Å². The van der Waals surface area contributed by atoms with Crippen LogP contribution >= 0.6 is 0 Å². The molecule has 0 saturated carbocycles. The Bertz CT molecular complexity index is 598. The van der Waals surface area contributed by atoms with Gasteiger partial charge in [-0.1, -0.05) is 0 Å². The Hall–Kier alpha value is -1.38. The SMILES string of the molecule is CN(C)S(=O)(=O)CCCN1CCCN(C(=O)c2ccco2)CC1. The van der Waals surface area contributed by atoms with E-state index in [2.05, 4.69) is 4.90 Å². The Balaban J connectivity index is 1.79. The number of hydrogen-bond acceptors (Lipinski definition) is 5. The number of hydrogen-bond donors (Lipinski definition) is 0. The molecule has 1 fully saturated rings. The van der Waals surface area contributed by atoms with Crippen molar-refractivity contribution in [3.05, 3.63) is 24.2 Å². The standard InChI is InChI=1S/C15H25N3O4S/c1-16(2)23(20,21)13-5-8-17-7-4-9-18(11-10-17)15(19)14-6-3-12-22-14/h3,6,12H,4-5,7-11,13H2,1-2H3. The zero-order valence-electron chi connectivity index (χ0n) is 13.8. The van der Waals surface area contributed by atoms with E-state index in [9.17, 15) is 13.2 Å². The van der Waals surface area contributed by atoms with E-state index in [0.29, 0.717) is 25.3 Å². The van der Waals surface area contributed by atoms with Gasteiger partial charge in [0.1, 0.15) is 0 Å². The summed E-state index contributed by atoms with van der Waals surface area (Å²) in [6.45, 7) is 3.71. The van der Waals surface area contributed by atoms with Gasteiger partial charge >= 0.3 is 0 Å². The quantitative estimate of drug-likeness (QED) is 0.760. The Morgan fingerprint density at radius 1 is 1.26 bits per heavy atom. The Kier molecular flexibility index (Phi) is 6.20. The van der Waals surface area contributed by atoms with Crippen molar-refractivity contribution >= 4 is 15.9 Å². The lowest BCUT2D eigenvalue weighted by Gasteiger charge is -2.21. The first-order chi connectivity index (χ1) is 10.9. The largest absolute Gasteiger partial charge is 0.459 e. The van der Waals surface area contributed by atoms with Crippen LogP contribution in [-0.4, -0.2) is 81.0 Å². The van der Waals surface area contributed by atoms with Gasteiger partial charge in [0.15, 0.2) is 5.76 Å². The van der Waals surface area contributed by atoms with Crippen LogP contribution < -0.4 is 0 Å². The predicted molar refractivity (Wildman–Crippen MR) is 87.8 cm³/mol. The van der Waals surface area contributed by atoms with Crippen molar-refractivity contribution in [2.45, 2.75) is 12.8 Å². The maximum Gasteiger partial charge on any atom is 0.289 e. The Morgan fingerprint density at radius 2 is 2.04 bits per heavy atom. The van der Waals surface area contributed by atoms with Crippen molar-refractivity contribution in [1.82, 2.24) is 14.1 Å². The second-order valence-electron chi connectivity index (χ2n) is 5.92. The van der Waals surface area contributed by atoms with E-state index in [1.54, 1.807) is 31.1 Å². The fourth-order valence-corrected chi connectivity index (χ4v) is 3.47. The van der Waals surface area contributed by atoms with Gasteiger partial charge in [-0.15, -0.1) is 0 Å². The van der Waals surface area contributed by atoms with Gasteiger partial charge < -0.3 is 14.2 Å². The maximum atomic E-state index is 12.3. The van der Waals surface area contributed by atoms with Gasteiger partial charge in [0.05, 0.1) is 12.0 Å². The van der Waals surface area contributed by atoms with Crippen LogP contribution in [0.5, 0.6) is 0 Å². The third kappa shape index (κ3) is 5.05. The van der Waals surface area contributed by atoms with E-state index in [-0.39, 0.29) is 11.7 Å². The van der Waals surface area contributed by atoms with Crippen molar-refractivity contribution in [3.8, 4) is 0 Å². The van der Waals surface area contributed by atoms with Crippen LogP contribution in [0.2, 0.25) is 0 Å². The predicted octanol–water partition coefficient (Wildman–Crippen LogP) is 0.709. The average Bonchev–Trinajstić information content (AvgIpc) is 2.93. The minimum Gasteiger partial charge on any atom is -0.459 e. The summed E-state index contributed by atoms with van der Waals surface area (Å²) in [6.07, 6.45) is 2.99. The highest BCUT2D eigenvalue weighted by Gasteiger charge is 2.22. The fraction of sp³-hybridized carbons (Fsp3) is 0.667. The van der Waals surface area contributed by atoms with Crippen molar-refractivity contribution in [2.75, 3.05) is 52.6 Å². The molecule has 1 saturated heterocycles. The van der Waals surface area contributed by atoms with Gasteiger partial charge in [-0.25, -0.2) is 12.7 Å². The summed E-state index contributed by atoms with van der Waals surface area (Å²) in [6, 6.07) is 3.39. The molecule has 0 N–H and O–H groups in total. The molecule has 0 spiro atoms. The van der Waals surface area contributed by atoms with E-state index in [0.717, 1.165) is 26.1 Å². The molecule has 1 aromatic heterocycles. The molecule has 1 aliphatic rings. The second kappa shape index (κ2) is 7.94. The lowest BCUT2D eigenvalue weighted by Crippen LogP contribution is -2.35. The summed E-state index contributed by atoms with van der Waals surface area (Å²) in [5.74, 6) is 0.452. The zero-order chi connectivity index (χ0) is 16.9. The second-order valence-corrected chi connectivity index (χ2v) is 8.22. The smallest absolute Gasteiger partial charge is 0.289 e. The molecule has 0 unspecified atom stereocenters. The molecule has 8 heteroatoms. The van der Waals surface area contributed by atoms with Crippen LogP contribution in [0.3, 0.4) is 0 Å². The van der Waals surface area contributed by atoms with E-state index in [1.807, 2.05) is 0 Å². The monoisotopic (exact) mass is 343 g/mol. The lowest BCUT2D eigenvalue weighted by atomic mass is 10.3. The fourth-order valence-electron chi connectivity index (χ4n) is 2.61. The van der Waals surface area contributed by atoms with Crippen LogP contribution in [0.4, 0.5) is 0 Å². The molecule has 0 atom stereocenters. The number of sulfonamides is 1.